The van der Waals surface area contributed by atoms with Gasteiger partial charge in [0.15, 0.2) is 0 Å². The molecule has 2 rings (SSSR count). The molecule has 0 aromatic carbocycles. The van der Waals surface area contributed by atoms with Crippen LogP contribution in [0.15, 0.2) is 4.42 Å². The molecule has 1 aromatic heterocycles. The van der Waals surface area contributed by atoms with Crippen LogP contribution in [-0.4, -0.2) is 22.4 Å². The van der Waals surface area contributed by atoms with Crippen LogP contribution in [0.4, 0.5) is 13.2 Å². The predicted octanol–water partition coefficient (Wildman–Crippen LogP) is 1.82. The summed E-state index contributed by atoms with van der Waals surface area (Å²) in [6.45, 7) is 0.434. The number of rotatable bonds is 5. The van der Waals surface area contributed by atoms with E-state index in [1.165, 1.54) is 0 Å². The van der Waals surface area contributed by atoms with Crippen molar-refractivity contribution in [3.8, 4) is 0 Å². The Balaban J connectivity index is 1.77. The van der Waals surface area contributed by atoms with Crippen molar-refractivity contribution in [3.05, 3.63) is 11.8 Å². The molecule has 1 aromatic rings. The molecule has 0 radical (unpaired) electrons. The average molecular weight is 235 g/mol. The van der Waals surface area contributed by atoms with E-state index in [1.54, 1.807) is 0 Å². The number of alkyl halides is 3. The van der Waals surface area contributed by atoms with Gasteiger partial charge in [-0.1, -0.05) is 0 Å². The molecule has 0 aliphatic heterocycles. The number of hydrogen-bond donors (Lipinski definition) is 1. The van der Waals surface area contributed by atoms with Crippen molar-refractivity contribution in [2.24, 2.45) is 0 Å². The fraction of sp³-hybridized carbons (Fsp3) is 0.778. The van der Waals surface area contributed by atoms with Gasteiger partial charge in [-0.05, 0) is 12.8 Å². The zero-order chi connectivity index (χ0) is 11.6. The SMILES string of the molecule is FC(F)(F)CCc1nnc(CNC2CC2)o1. The van der Waals surface area contributed by atoms with Gasteiger partial charge in [-0.2, -0.15) is 13.2 Å². The number of aryl methyl sites for hydroxylation is 1. The Morgan fingerprint density at radius 3 is 2.56 bits per heavy atom. The Bertz CT molecular complexity index is 346. The summed E-state index contributed by atoms with van der Waals surface area (Å²) in [7, 11) is 0. The maximum atomic E-state index is 11.9. The van der Waals surface area contributed by atoms with Crippen molar-refractivity contribution in [1.29, 1.82) is 0 Å². The zero-order valence-electron chi connectivity index (χ0n) is 8.55. The fourth-order valence-corrected chi connectivity index (χ4v) is 1.23. The van der Waals surface area contributed by atoms with Crippen LogP contribution in [-0.2, 0) is 13.0 Å². The number of nitrogens with one attached hydrogen (secondary N) is 1. The van der Waals surface area contributed by atoms with E-state index >= 15 is 0 Å². The van der Waals surface area contributed by atoms with Gasteiger partial charge in [0, 0.05) is 12.5 Å². The summed E-state index contributed by atoms with van der Waals surface area (Å²) in [5, 5.41) is 10.4. The van der Waals surface area contributed by atoms with Crippen LogP contribution in [0.25, 0.3) is 0 Å². The van der Waals surface area contributed by atoms with Crippen LogP contribution in [0.3, 0.4) is 0 Å². The maximum absolute atomic E-state index is 11.9. The predicted molar refractivity (Wildman–Crippen MR) is 48.5 cm³/mol. The van der Waals surface area contributed by atoms with Crippen molar-refractivity contribution in [2.45, 2.75) is 44.4 Å². The van der Waals surface area contributed by atoms with E-state index in [1.807, 2.05) is 0 Å². The first-order valence-electron chi connectivity index (χ1n) is 5.14. The quantitative estimate of drug-likeness (QED) is 0.845. The molecule has 7 heteroatoms. The largest absolute Gasteiger partial charge is 0.424 e. The third kappa shape index (κ3) is 3.80. The molecule has 1 saturated carbocycles. The van der Waals surface area contributed by atoms with Crippen molar-refractivity contribution in [2.75, 3.05) is 0 Å². The summed E-state index contributed by atoms with van der Waals surface area (Å²) >= 11 is 0. The van der Waals surface area contributed by atoms with Gasteiger partial charge in [0.2, 0.25) is 11.8 Å². The highest BCUT2D eigenvalue weighted by Gasteiger charge is 2.28. The van der Waals surface area contributed by atoms with E-state index < -0.39 is 12.6 Å². The second-order valence-electron chi connectivity index (χ2n) is 3.86. The molecule has 0 atom stereocenters. The lowest BCUT2D eigenvalue weighted by Crippen LogP contribution is -2.15. The number of aromatic nitrogens is 2. The maximum Gasteiger partial charge on any atom is 0.389 e. The van der Waals surface area contributed by atoms with Crippen LogP contribution < -0.4 is 5.32 Å². The van der Waals surface area contributed by atoms with E-state index in [0.717, 1.165) is 12.8 Å². The Morgan fingerprint density at radius 2 is 1.94 bits per heavy atom. The molecule has 0 saturated heterocycles. The van der Waals surface area contributed by atoms with Gasteiger partial charge in [-0.15, -0.1) is 10.2 Å². The van der Waals surface area contributed by atoms with Gasteiger partial charge in [0.25, 0.3) is 0 Å². The second-order valence-corrected chi connectivity index (χ2v) is 3.86. The van der Waals surface area contributed by atoms with Crippen molar-refractivity contribution < 1.29 is 17.6 Å². The molecular weight excluding hydrogens is 223 g/mol. The number of halogens is 3. The van der Waals surface area contributed by atoms with Crippen LogP contribution in [0.2, 0.25) is 0 Å². The van der Waals surface area contributed by atoms with Crippen LogP contribution in [0.5, 0.6) is 0 Å². The lowest BCUT2D eigenvalue weighted by molar-refractivity contribution is -0.134. The molecule has 90 valence electrons. The fourth-order valence-electron chi connectivity index (χ4n) is 1.23. The Labute approximate surface area is 90.2 Å². The second kappa shape index (κ2) is 4.40. The topological polar surface area (TPSA) is 51.0 Å². The van der Waals surface area contributed by atoms with Crippen molar-refractivity contribution >= 4 is 0 Å². The summed E-state index contributed by atoms with van der Waals surface area (Å²) in [6, 6.07) is 0.505. The van der Waals surface area contributed by atoms with Gasteiger partial charge in [-0.3, -0.25) is 0 Å². The van der Waals surface area contributed by atoms with Crippen LogP contribution in [0, 0.1) is 0 Å². The Morgan fingerprint density at radius 1 is 1.25 bits per heavy atom. The number of nitrogens with zero attached hydrogens (tertiary/aromatic N) is 2. The normalized spacial score (nSPS) is 16.7. The van der Waals surface area contributed by atoms with Gasteiger partial charge < -0.3 is 9.73 Å². The summed E-state index contributed by atoms with van der Waals surface area (Å²) in [5.74, 6) is 0.397. The molecule has 0 amide bonds. The molecule has 1 aliphatic rings. The molecule has 1 aliphatic carbocycles. The number of hydrogen-bond acceptors (Lipinski definition) is 4. The van der Waals surface area contributed by atoms with Gasteiger partial charge in [0.1, 0.15) is 0 Å². The van der Waals surface area contributed by atoms with Gasteiger partial charge in [-0.25, -0.2) is 0 Å². The van der Waals surface area contributed by atoms with E-state index in [9.17, 15) is 13.2 Å². The lowest BCUT2D eigenvalue weighted by Gasteiger charge is -2.02. The van der Waals surface area contributed by atoms with E-state index in [2.05, 4.69) is 15.5 Å². The standard InChI is InChI=1S/C9H12F3N3O/c10-9(11,12)4-3-7-14-15-8(16-7)5-13-6-1-2-6/h6,13H,1-5H2. The average Bonchev–Trinajstić information content (AvgIpc) is 2.91. The Hall–Kier alpha value is -1.11. The first kappa shape index (κ1) is 11.4. The third-order valence-corrected chi connectivity index (χ3v) is 2.25. The smallest absolute Gasteiger partial charge is 0.389 e. The van der Waals surface area contributed by atoms with Crippen LogP contribution >= 0.6 is 0 Å². The molecule has 0 unspecified atom stereocenters. The molecule has 0 spiro atoms. The monoisotopic (exact) mass is 235 g/mol. The van der Waals surface area contributed by atoms with Gasteiger partial charge >= 0.3 is 6.18 Å². The summed E-state index contributed by atoms with van der Waals surface area (Å²) < 4.78 is 40.8. The molecular formula is C9H12F3N3O. The molecule has 16 heavy (non-hydrogen) atoms. The Kier molecular flexibility index (Phi) is 3.13. The molecule has 1 heterocycles. The highest BCUT2D eigenvalue weighted by Crippen LogP contribution is 2.22. The van der Waals surface area contributed by atoms with E-state index in [-0.39, 0.29) is 12.3 Å². The minimum Gasteiger partial charge on any atom is -0.424 e. The highest BCUT2D eigenvalue weighted by atomic mass is 19.4. The minimum absolute atomic E-state index is 0.0462. The van der Waals surface area contributed by atoms with Crippen LogP contribution in [0.1, 0.15) is 31.0 Å². The van der Waals surface area contributed by atoms with E-state index in [0.29, 0.717) is 18.5 Å². The van der Waals surface area contributed by atoms with Crippen molar-refractivity contribution in [1.82, 2.24) is 15.5 Å². The minimum atomic E-state index is -4.18. The first-order valence-corrected chi connectivity index (χ1v) is 5.14. The van der Waals surface area contributed by atoms with E-state index in [4.69, 9.17) is 4.42 Å². The third-order valence-electron chi connectivity index (χ3n) is 2.25. The van der Waals surface area contributed by atoms with Gasteiger partial charge in [0.05, 0.1) is 13.0 Å². The van der Waals surface area contributed by atoms with Crippen molar-refractivity contribution in [3.63, 3.8) is 0 Å². The lowest BCUT2D eigenvalue weighted by atomic mass is 10.3. The summed E-state index contributed by atoms with van der Waals surface area (Å²) in [5.41, 5.74) is 0. The summed E-state index contributed by atoms with van der Waals surface area (Å²) in [6.07, 6.45) is -3.09. The molecule has 0 bridgehead atoms. The first-order chi connectivity index (χ1) is 7.53. The zero-order valence-corrected chi connectivity index (χ0v) is 8.55. The molecule has 1 N–H and O–H groups in total. The molecule has 1 fully saturated rings. The highest BCUT2D eigenvalue weighted by molar-refractivity contribution is 4.86. The molecule has 4 nitrogen and oxygen atoms in total. The summed E-state index contributed by atoms with van der Waals surface area (Å²) in [4.78, 5) is 0.